The Morgan fingerprint density at radius 3 is 2.31 bits per heavy atom. The molecule has 0 aromatic heterocycles. The molecule has 0 bridgehead atoms. The molecular weight excluding hydrogens is 185 g/mol. The van der Waals surface area contributed by atoms with Gasteiger partial charge in [-0.2, -0.15) is 13.2 Å². The molecule has 1 atom stereocenters. The molecule has 0 saturated carbocycles. The molecule has 0 fully saturated rings. The monoisotopic (exact) mass is 198 g/mol. The van der Waals surface area contributed by atoms with E-state index in [1.54, 1.807) is 6.92 Å². The van der Waals surface area contributed by atoms with Crippen molar-refractivity contribution in [1.29, 1.82) is 0 Å². The van der Waals surface area contributed by atoms with E-state index in [0.717, 1.165) is 0 Å². The minimum absolute atomic E-state index is 0.103. The highest BCUT2D eigenvalue weighted by Crippen LogP contribution is 2.24. The summed E-state index contributed by atoms with van der Waals surface area (Å²) < 4.78 is 35.0. The highest BCUT2D eigenvalue weighted by atomic mass is 19.4. The lowest BCUT2D eigenvalue weighted by molar-refractivity contribution is -0.145. The first kappa shape index (κ1) is 12.3. The molecule has 0 radical (unpaired) electrons. The SMILES string of the molecule is CCC(CCCC(F)(F)F)C(=O)O. The molecule has 0 aliphatic rings. The van der Waals surface area contributed by atoms with Gasteiger partial charge in [-0.15, -0.1) is 0 Å². The average molecular weight is 198 g/mol. The van der Waals surface area contributed by atoms with Gasteiger partial charge in [-0.1, -0.05) is 6.92 Å². The Bertz CT molecular complexity index is 165. The minimum atomic E-state index is -4.17. The average Bonchev–Trinajstić information content (AvgIpc) is 1.95. The van der Waals surface area contributed by atoms with Gasteiger partial charge in [0.1, 0.15) is 0 Å². The van der Waals surface area contributed by atoms with Crippen LogP contribution in [0.1, 0.15) is 32.6 Å². The van der Waals surface area contributed by atoms with E-state index in [0.29, 0.717) is 6.42 Å². The van der Waals surface area contributed by atoms with Crippen LogP contribution in [0.3, 0.4) is 0 Å². The molecule has 0 amide bonds. The van der Waals surface area contributed by atoms with Crippen LogP contribution in [0.15, 0.2) is 0 Å². The van der Waals surface area contributed by atoms with Crippen molar-refractivity contribution >= 4 is 5.97 Å². The number of rotatable bonds is 5. The molecule has 0 saturated heterocycles. The van der Waals surface area contributed by atoms with Gasteiger partial charge in [-0.25, -0.2) is 0 Å². The highest BCUT2D eigenvalue weighted by molar-refractivity contribution is 5.69. The predicted octanol–water partition coefficient (Wildman–Crippen LogP) is 2.83. The smallest absolute Gasteiger partial charge is 0.389 e. The first-order valence-corrected chi connectivity index (χ1v) is 4.16. The molecule has 13 heavy (non-hydrogen) atoms. The Hall–Kier alpha value is -0.740. The van der Waals surface area contributed by atoms with Crippen molar-refractivity contribution in [3.63, 3.8) is 0 Å². The predicted molar refractivity (Wildman–Crippen MR) is 41.3 cm³/mol. The van der Waals surface area contributed by atoms with E-state index in [1.165, 1.54) is 0 Å². The van der Waals surface area contributed by atoms with Crippen molar-refractivity contribution in [2.75, 3.05) is 0 Å². The first-order valence-electron chi connectivity index (χ1n) is 4.16. The fourth-order valence-corrected chi connectivity index (χ4v) is 1.05. The minimum Gasteiger partial charge on any atom is -0.481 e. The molecule has 1 unspecified atom stereocenters. The van der Waals surface area contributed by atoms with Gasteiger partial charge in [0, 0.05) is 6.42 Å². The Morgan fingerprint density at radius 2 is 2.00 bits per heavy atom. The van der Waals surface area contributed by atoms with Gasteiger partial charge < -0.3 is 5.11 Å². The fourth-order valence-electron chi connectivity index (χ4n) is 1.05. The van der Waals surface area contributed by atoms with Crippen molar-refractivity contribution in [3.8, 4) is 0 Å². The van der Waals surface area contributed by atoms with Gasteiger partial charge in [-0.3, -0.25) is 4.79 Å². The third kappa shape index (κ3) is 6.42. The zero-order valence-electron chi connectivity index (χ0n) is 7.40. The zero-order valence-corrected chi connectivity index (χ0v) is 7.40. The largest absolute Gasteiger partial charge is 0.481 e. The lowest BCUT2D eigenvalue weighted by Gasteiger charge is -2.10. The summed E-state index contributed by atoms with van der Waals surface area (Å²) in [5.41, 5.74) is 0. The second-order valence-corrected chi connectivity index (χ2v) is 2.95. The lowest BCUT2D eigenvalue weighted by Crippen LogP contribution is -2.14. The van der Waals surface area contributed by atoms with Crippen molar-refractivity contribution < 1.29 is 23.1 Å². The quantitative estimate of drug-likeness (QED) is 0.737. The second-order valence-electron chi connectivity index (χ2n) is 2.95. The molecular formula is C8H13F3O2. The molecule has 0 aromatic rings. The summed E-state index contributed by atoms with van der Waals surface area (Å²) in [6.45, 7) is 1.66. The Kier molecular flexibility index (Phi) is 4.80. The van der Waals surface area contributed by atoms with E-state index in [4.69, 9.17) is 5.11 Å². The molecule has 78 valence electrons. The van der Waals surface area contributed by atoms with Crippen molar-refractivity contribution in [1.82, 2.24) is 0 Å². The standard InChI is InChI=1S/C8H13F3O2/c1-2-6(7(12)13)4-3-5-8(9,10)11/h6H,2-5H2,1H3,(H,12,13). The summed E-state index contributed by atoms with van der Waals surface area (Å²) in [7, 11) is 0. The van der Waals surface area contributed by atoms with Crippen LogP contribution in [-0.2, 0) is 4.79 Å². The molecule has 0 rings (SSSR count). The normalized spacial score (nSPS) is 14.2. The first-order chi connectivity index (χ1) is 5.87. The van der Waals surface area contributed by atoms with Gasteiger partial charge >= 0.3 is 12.1 Å². The van der Waals surface area contributed by atoms with Crippen LogP contribution in [0, 0.1) is 5.92 Å². The number of carboxylic acids is 1. The summed E-state index contributed by atoms with van der Waals surface area (Å²) in [6, 6.07) is 0. The molecule has 0 aliphatic carbocycles. The topological polar surface area (TPSA) is 37.3 Å². The van der Waals surface area contributed by atoms with Crippen LogP contribution >= 0.6 is 0 Å². The van der Waals surface area contributed by atoms with Gasteiger partial charge in [0.25, 0.3) is 0 Å². The summed E-state index contributed by atoms with van der Waals surface area (Å²) in [6.07, 6.45) is -4.68. The summed E-state index contributed by atoms with van der Waals surface area (Å²) in [4.78, 5) is 10.4. The van der Waals surface area contributed by atoms with Crippen molar-refractivity contribution in [3.05, 3.63) is 0 Å². The molecule has 0 aromatic carbocycles. The Balaban J connectivity index is 3.68. The van der Waals surface area contributed by atoms with Crippen LogP contribution in [0.4, 0.5) is 13.2 Å². The molecule has 0 spiro atoms. The van der Waals surface area contributed by atoms with Gasteiger partial charge in [0.2, 0.25) is 0 Å². The van der Waals surface area contributed by atoms with Crippen LogP contribution in [0.5, 0.6) is 0 Å². The highest BCUT2D eigenvalue weighted by Gasteiger charge is 2.27. The molecule has 5 heteroatoms. The summed E-state index contributed by atoms with van der Waals surface area (Å²) in [5, 5.41) is 8.52. The Labute approximate surface area is 74.7 Å². The number of halogens is 3. The Morgan fingerprint density at radius 1 is 1.46 bits per heavy atom. The maximum absolute atomic E-state index is 11.7. The van der Waals surface area contributed by atoms with E-state index in [-0.39, 0.29) is 12.8 Å². The maximum Gasteiger partial charge on any atom is 0.389 e. The number of alkyl halides is 3. The van der Waals surface area contributed by atoms with Crippen molar-refractivity contribution in [2.24, 2.45) is 5.92 Å². The number of hydrogen-bond acceptors (Lipinski definition) is 1. The molecule has 0 aliphatic heterocycles. The van der Waals surface area contributed by atoms with E-state index >= 15 is 0 Å². The maximum atomic E-state index is 11.7. The number of hydrogen-bond donors (Lipinski definition) is 1. The van der Waals surface area contributed by atoms with Gasteiger partial charge in [0.15, 0.2) is 0 Å². The summed E-state index contributed by atoms with van der Waals surface area (Å²) in [5.74, 6) is -1.65. The van der Waals surface area contributed by atoms with E-state index in [1.807, 2.05) is 0 Å². The van der Waals surface area contributed by atoms with Gasteiger partial charge in [0.05, 0.1) is 5.92 Å². The van der Waals surface area contributed by atoms with Crippen LogP contribution in [0.2, 0.25) is 0 Å². The van der Waals surface area contributed by atoms with E-state index in [2.05, 4.69) is 0 Å². The third-order valence-corrected chi connectivity index (χ3v) is 1.85. The van der Waals surface area contributed by atoms with E-state index < -0.39 is 24.5 Å². The number of carbonyl (C=O) groups is 1. The number of aliphatic carboxylic acids is 1. The van der Waals surface area contributed by atoms with Gasteiger partial charge in [-0.05, 0) is 19.3 Å². The van der Waals surface area contributed by atoms with E-state index in [9.17, 15) is 18.0 Å². The summed E-state index contributed by atoms with van der Waals surface area (Å²) >= 11 is 0. The van der Waals surface area contributed by atoms with Crippen LogP contribution in [-0.4, -0.2) is 17.3 Å². The fraction of sp³-hybridized carbons (Fsp3) is 0.875. The molecule has 1 N–H and O–H groups in total. The lowest BCUT2D eigenvalue weighted by atomic mass is 9.99. The molecule has 0 heterocycles. The van der Waals surface area contributed by atoms with Crippen LogP contribution in [0.25, 0.3) is 0 Å². The molecule has 2 nitrogen and oxygen atoms in total. The third-order valence-electron chi connectivity index (χ3n) is 1.85. The second kappa shape index (κ2) is 5.09. The van der Waals surface area contributed by atoms with Crippen LogP contribution < -0.4 is 0 Å². The zero-order chi connectivity index (χ0) is 10.5. The van der Waals surface area contributed by atoms with Crippen molar-refractivity contribution in [2.45, 2.75) is 38.8 Å². The number of carboxylic acid groups (broad SMARTS) is 1.